The van der Waals surface area contributed by atoms with E-state index < -0.39 is 0 Å². The molecule has 0 unspecified atom stereocenters. The summed E-state index contributed by atoms with van der Waals surface area (Å²) in [7, 11) is 1.68. The van der Waals surface area contributed by atoms with Crippen LogP contribution in [0.5, 0.6) is 5.75 Å². The van der Waals surface area contributed by atoms with Crippen LogP contribution in [0.4, 0.5) is 17.3 Å². The monoisotopic (exact) mass is 348 g/mol. The standard InChI is InChI=1S/C21H24N4O/c1-15-4-9-19(16(2)12-15)25-21-13-20(23-14-24-21)22-11-10-17-5-7-18(26-3)8-6-17/h4-9,12-14H,10-11H2,1-3H3,(H2,22,23,24,25). The Morgan fingerprint density at radius 1 is 0.923 bits per heavy atom. The summed E-state index contributed by atoms with van der Waals surface area (Å²) in [4.78, 5) is 8.60. The van der Waals surface area contributed by atoms with Crippen molar-refractivity contribution in [1.82, 2.24) is 9.97 Å². The van der Waals surface area contributed by atoms with E-state index in [4.69, 9.17) is 4.74 Å². The number of aromatic nitrogens is 2. The second-order valence-electron chi connectivity index (χ2n) is 6.26. The number of nitrogens with one attached hydrogen (secondary N) is 2. The highest BCUT2D eigenvalue weighted by molar-refractivity contribution is 5.62. The summed E-state index contributed by atoms with van der Waals surface area (Å²) in [5.74, 6) is 2.46. The molecule has 0 aliphatic carbocycles. The highest BCUT2D eigenvalue weighted by Gasteiger charge is 2.03. The molecule has 1 heterocycles. The Morgan fingerprint density at radius 2 is 1.69 bits per heavy atom. The number of hydrogen-bond acceptors (Lipinski definition) is 5. The number of ether oxygens (including phenoxy) is 1. The lowest BCUT2D eigenvalue weighted by Crippen LogP contribution is -2.07. The van der Waals surface area contributed by atoms with Crippen molar-refractivity contribution in [3.8, 4) is 5.75 Å². The van der Waals surface area contributed by atoms with Crippen molar-refractivity contribution < 1.29 is 4.74 Å². The fraction of sp³-hybridized carbons (Fsp3) is 0.238. The summed E-state index contributed by atoms with van der Waals surface area (Å²) in [5.41, 5.74) is 4.74. The third kappa shape index (κ3) is 4.72. The molecule has 0 spiro atoms. The van der Waals surface area contributed by atoms with Crippen molar-refractivity contribution in [3.63, 3.8) is 0 Å². The predicted octanol–water partition coefficient (Wildman–Crippen LogP) is 4.50. The van der Waals surface area contributed by atoms with Crippen LogP contribution in [0.25, 0.3) is 0 Å². The normalized spacial score (nSPS) is 10.4. The summed E-state index contributed by atoms with van der Waals surface area (Å²) in [6.07, 6.45) is 2.48. The van der Waals surface area contributed by atoms with Crippen molar-refractivity contribution in [1.29, 1.82) is 0 Å². The molecule has 2 aromatic carbocycles. The Labute approximate surface area is 154 Å². The number of benzene rings is 2. The zero-order valence-corrected chi connectivity index (χ0v) is 15.4. The van der Waals surface area contributed by atoms with E-state index in [1.807, 2.05) is 18.2 Å². The number of rotatable bonds is 7. The average Bonchev–Trinajstić information content (AvgIpc) is 2.65. The average molecular weight is 348 g/mol. The van der Waals surface area contributed by atoms with Crippen molar-refractivity contribution >= 4 is 17.3 Å². The van der Waals surface area contributed by atoms with Crippen LogP contribution in [-0.2, 0) is 6.42 Å². The number of anilines is 3. The minimum Gasteiger partial charge on any atom is -0.497 e. The molecule has 0 amide bonds. The molecule has 1 aromatic heterocycles. The lowest BCUT2D eigenvalue weighted by molar-refractivity contribution is 0.414. The third-order valence-corrected chi connectivity index (χ3v) is 4.19. The smallest absolute Gasteiger partial charge is 0.135 e. The molecule has 0 aliphatic rings. The Bertz CT molecular complexity index is 862. The zero-order chi connectivity index (χ0) is 18.4. The van der Waals surface area contributed by atoms with Gasteiger partial charge in [-0.05, 0) is 49.6 Å². The van der Waals surface area contributed by atoms with Gasteiger partial charge in [0.05, 0.1) is 7.11 Å². The third-order valence-electron chi connectivity index (χ3n) is 4.19. The van der Waals surface area contributed by atoms with E-state index in [1.54, 1.807) is 13.4 Å². The number of aryl methyl sites for hydroxylation is 2. The van der Waals surface area contributed by atoms with Crippen LogP contribution in [0.15, 0.2) is 54.9 Å². The van der Waals surface area contributed by atoms with Crippen molar-refractivity contribution in [2.24, 2.45) is 0 Å². The van der Waals surface area contributed by atoms with Crippen LogP contribution < -0.4 is 15.4 Å². The molecule has 0 bridgehead atoms. The van der Waals surface area contributed by atoms with E-state index in [9.17, 15) is 0 Å². The second kappa shape index (κ2) is 8.34. The fourth-order valence-corrected chi connectivity index (χ4v) is 2.74. The van der Waals surface area contributed by atoms with E-state index in [-0.39, 0.29) is 0 Å². The highest BCUT2D eigenvalue weighted by Crippen LogP contribution is 2.21. The summed E-state index contributed by atoms with van der Waals surface area (Å²) in [6, 6.07) is 16.3. The van der Waals surface area contributed by atoms with E-state index in [0.29, 0.717) is 0 Å². The van der Waals surface area contributed by atoms with Gasteiger partial charge in [-0.25, -0.2) is 9.97 Å². The van der Waals surface area contributed by atoms with Crippen LogP contribution in [0, 0.1) is 13.8 Å². The molecule has 0 saturated heterocycles. The topological polar surface area (TPSA) is 59.1 Å². The van der Waals surface area contributed by atoms with Gasteiger partial charge in [0.1, 0.15) is 23.7 Å². The highest BCUT2D eigenvalue weighted by atomic mass is 16.5. The van der Waals surface area contributed by atoms with Gasteiger partial charge in [0.15, 0.2) is 0 Å². The quantitative estimate of drug-likeness (QED) is 0.658. The summed E-state index contributed by atoms with van der Waals surface area (Å²) in [6.45, 7) is 4.98. The molecule has 0 fully saturated rings. The van der Waals surface area contributed by atoms with Gasteiger partial charge < -0.3 is 15.4 Å². The molecule has 3 aromatic rings. The van der Waals surface area contributed by atoms with E-state index in [0.717, 1.165) is 36.0 Å². The molecule has 3 rings (SSSR count). The van der Waals surface area contributed by atoms with Gasteiger partial charge in [-0.15, -0.1) is 0 Å². The van der Waals surface area contributed by atoms with Crippen LogP contribution in [0.3, 0.4) is 0 Å². The molecule has 5 nitrogen and oxygen atoms in total. The molecular weight excluding hydrogens is 324 g/mol. The first-order chi connectivity index (χ1) is 12.6. The van der Waals surface area contributed by atoms with Crippen LogP contribution >= 0.6 is 0 Å². The molecule has 0 saturated carbocycles. The summed E-state index contributed by atoms with van der Waals surface area (Å²) in [5, 5.41) is 6.70. The van der Waals surface area contributed by atoms with Gasteiger partial charge in [0.25, 0.3) is 0 Å². The van der Waals surface area contributed by atoms with Gasteiger partial charge in [0.2, 0.25) is 0 Å². The second-order valence-corrected chi connectivity index (χ2v) is 6.26. The number of hydrogen-bond donors (Lipinski definition) is 2. The Balaban J connectivity index is 1.58. The summed E-state index contributed by atoms with van der Waals surface area (Å²) >= 11 is 0. The molecule has 0 radical (unpaired) electrons. The SMILES string of the molecule is COc1ccc(CCNc2cc(Nc3ccc(C)cc3C)ncn2)cc1. The molecule has 0 atom stereocenters. The Morgan fingerprint density at radius 3 is 2.42 bits per heavy atom. The van der Waals surface area contributed by atoms with E-state index in [2.05, 4.69) is 64.8 Å². The van der Waals surface area contributed by atoms with Gasteiger partial charge in [-0.1, -0.05) is 29.8 Å². The van der Waals surface area contributed by atoms with E-state index >= 15 is 0 Å². The molecule has 26 heavy (non-hydrogen) atoms. The summed E-state index contributed by atoms with van der Waals surface area (Å²) < 4.78 is 5.18. The molecule has 134 valence electrons. The maximum atomic E-state index is 5.18. The molecular formula is C21H24N4O. The zero-order valence-electron chi connectivity index (χ0n) is 15.4. The maximum Gasteiger partial charge on any atom is 0.135 e. The minimum atomic E-state index is 0.777. The van der Waals surface area contributed by atoms with Crippen LogP contribution in [0.1, 0.15) is 16.7 Å². The van der Waals surface area contributed by atoms with Gasteiger partial charge in [0, 0.05) is 18.3 Å². The van der Waals surface area contributed by atoms with Gasteiger partial charge in [-0.3, -0.25) is 0 Å². The molecule has 2 N–H and O–H groups in total. The van der Waals surface area contributed by atoms with Crippen molar-refractivity contribution in [2.75, 3.05) is 24.3 Å². The first-order valence-corrected chi connectivity index (χ1v) is 8.67. The maximum absolute atomic E-state index is 5.18. The Hall–Kier alpha value is -3.08. The predicted molar refractivity (Wildman–Crippen MR) is 106 cm³/mol. The van der Waals surface area contributed by atoms with Crippen molar-refractivity contribution in [3.05, 3.63) is 71.5 Å². The lowest BCUT2D eigenvalue weighted by Gasteiger charge is -2.11. The Kier molecular flexibility index (Phi) is 5.69. The first-order valence-electron chi connectivity index (χ1n) is 8.67. The molecule has 0 aliphatic heterocycles. The fourth-order valence-electron chi connectivity index (χ4n) is 2.74. The minimum absolute atomic E-state index is 0.777. The van der Waals surface area contributed by atoms with E-state index in [1.165, 1.54) is 16.7 Å². The van der Waals surface area contributed by atoms with Gasteiger partial charge in [-0.2, -0.15) is 0 Å². The first kappa shape index (κ1) is 17.7. The van der Waals surface area contributed by atoms with Gasteiger partial charge >= 0.3 is 0 Å². The lowest BCUT2D eigenvalue weighted by atomic mass is 10.1. The van der Waals surface area contributed by atoms with Crippen LogP contribution in [0.2, 0.25) is 0 Å². The molecule has 5 heteroatoms. The van der Waals surface area contributed by atoms with Crippen LogP contribution in [-0.4, -0.2) is 23.6 Å². The van der Waals surface area contributed by atoms with Crippen molar-refractivity contribution in [2.45, 2.75) is 20.3 Å². The largest absolute Gasteiger partial charge is 0.497 e. The number of methoxy groups -OCH3 is 1. The number of nitrogens with zero attached hydrogens (tertiary/aromatic N) is 2.